The normalized spacial score (nSPS) is 11.7. The number of halogens is 1. The van der Waals surface area contributed by atoms with Crippen molar-refractivity contribution in [1.82, 2.24) is 14.9 Å². The molecule has 1 heterocycles. The van der Waals surface area contributed by atoms with E-state index in [-0.39, 0.29) is 11.4 Å². The van der Waals surface area contributed by atoms with Gasteiger partial charge < -0.3 is 0 Å². The number of rotatable bonds is 4. The van der Waals surface area contributed by atoms with Crippen LogP contribution in [0.5, 0.6) is 0 Å². The van der Waals surface area contributed by atoms with Crippen LogP contribution in [-0.2, 0) is 10.0 Å². The lowest BCUT2D eigenvalue weighted by Gasteiger charge is -2.05. The molecule has 0 aliphatic carbocycles. The van der Waals surface area contributed by atoms with Gasteiger partial charge in [-0.05, 0) is 13.8 Å². The molecule has 0 aromatic carbocycles. The second-order valence-corrected chi connectivity index (χ2v) is 5.93. The molecule has 84 valence electrons. The van der Waals surface area contributed by atoms with Crippen LogP contribution in [0, 0.1) is 13.8 Å². The van der Waals surface area contributed by atoms with Gasteiger partial charge in [-0.15, -0.1) is 0 Å². The van der Waals surface area contributed by atoms with E-state index in [0.717, 1.165) is 0 Å². The summed E-state index contributed by atoms with van der Waals surface area (Å²) in [7, 11) is -3.51. The van der Waals surface area contributed by atoms with Crippen molar-refractivity contribution in [3.63, 3.8) is 0 Å². The number of nitrogens with zero attached hydrogens (tertiary/aromatic N) is 1. The van der Waals surface area contributed by atoms with E-state index >= 15 is 0 Å². The summed E-state index contributed by atoms with van der Waals surface area (Å²) in [4.78, 5) is 0.205. The van der Waals surface area contributed by atoms with Crippen molar-refractivity contribution in [2.45, 2.75) is 18.7 Å². The average molecular weight is 294 g/mol. The van der Waals surface area contributed by atoms with E-state index in [4.69, 9.17) is 0 Å². The lowest BCUT2D eigenvalue weighted by Crippen LogP contribution is -2.25. The zero-order valence-electron chi connectivity index (χ0n) is 8.46. The Hall–Kier alpha value is -0.660. The standard InChI is InChI=1S/C8H12BrN3O2S/c1-5(9)4-10-15(13,14)8-6(2)11-12-7(8)3/h10H,1,4H2,2-3H3,(H,11,12). The minimum Gasteiger partial charge on any atom is -0.281 e. The minimum atomic E-state index is -3.51. The summed E-state index contributed by atoms with van der Waals surface area (Å²) >= 11 is 3.08. The summed E-state index contributed by atoms with van der Waals surface area (Å²) in [6.07, 6.45) is 0. The lowest BCUT2D eigenvalue weighted by atomic mass is 10.4. The van der Waals surface area contributed by atoms with Gasteiger partial charge in [-0.1, -0.05) is 22.5 Å². The molecular weight excluding hydrogens is 282 g/mol. The summed E-state index contributed by atoms with van der Waals surface area (Å²) in [5.74, 6) is 0. The highest BCUT2D eigenvalue weighted by Crippen LogP contribution is 2.16. The molecule has 1 aromatic rings. The molecule has 0 spiro atoms. The van der Waals surface area contributed by atoms with Gasteiger partial charge in [0.2, 0.25) is 10.0 Å². The van der Waals surface area contributed by atoms with Crippen molar-refractivity contribution in [1.29, 1.82) is 0 Å². The van der Waals surface area contributed by atoms with Crippen LogP contribution in [0.25, 0.3) is 0 Å². The first kappa shape index (κ1) is 12.4. The second kappa shape index (κ2) is 4.46. The van der Waals surface area contributed by atoms with Gasteiger partial charge in [0.25, 0.3) is 0 Å². The Balaban J connectivity index is 3.01. The lowest BCUT2D eigenvalue weighted by molar-refractivity contribution is 0.584. The summed E-state index contributed by atoms with van der Waals surface area (Å²) in [6.45, 7) is 7.01. The van der Waals surface area contributed by atoms with Gasteiger partial charge in [0.15, 0.2) is 0 Å². The molecule has 0 radical (unpaired) electrons. The number of nitrogens with one attached hydrogen (secondary N) is 2. The quantitative estimate of drug-likeness (QED) is 0.876. The maximum absolute atomic E-state index is 11.8. The van der Waals surface area contributed by atoms with Crippen LogP contribution in [0.15, 0.2) is 16.0 Å². The van der Waals surface area contributed by atoms with Crippen LogP contribution in [0.4, 0.5) is 0 Å². The SMILES string of the molecule is C=C(Br)CNS(=O)(=O)c1c(C)n[nH]c1C. The van der Waals surface area contributed by atoms with Gasteiger partial charge in [-0.2, -0.15) is 5.10 Å². The van der Waals surface area contributed by atoms with E-state index in [0.29, 0.717) is 15.9 Å². The Morgan fingerprint density at radius 1 is 1.60 bits per heavy atom. The molecule has 0 bridgehead atoms. The predicted molar refractivity (Wildman–Crippen MR) is 61.3 cm³/mol. The molecule has 7 heteroatoms. The fraction of sp³-hybridized carbons (Fsp3) is 0.375. The highest BCUT2D eigenvalue weighted by Gasteiger charge is 2.21. The molecule has 0 aliphatic heterocycles. The topological polar surface area (TPSA) is 74.8 Å². The summed E-state index contributed by atoms with van der Waals surface area (Å²) in [5.41, 5.74) is 0.986. The fourth-order valence-electron chi connectivity index (χ4n) is 1.18. The Morgan fingerprint density at radius 3 is 2.60 bits per heavy atom. The third-order valence-electron chi connectivity index (χ3n) is 1.78. The first-order chi connectivity index (χ1) is 6.84. The van der Waals surface area contributed by atoms with Gasteiger partial charge in [-0.3, -0.25) is 5.10 Å². The maximum atomic E-state index is 11.8. The smallest absolute Gasteiger partial charge is 0.244 e. The molecular formula is C8H12BrN3O2S. The predicted octanol–water partition coefficient (Wildman–Crippen LogP) is 1.21. The van der Waals surface area contributed by atoms with Crippen molar-refractivity contribution in [3.05, 3.63) is 22.4 Å². The van der Waals surface area contributed by atoms with Gasteiger partial charge in [0.05, 0.1) is 11.4 Å². The highest BCUT2D eigenvalue weighted by molar-refractivity contribution is 9.11. The van der Waals surface area contributed by atoms with Crippen molar-refractivity contribution in [2.24, 2.45) is 0 Å². The number of aromatic amines is 1. The highest BCUT2D eigenvalue weighted by atomic mass is 79.9. The number of aromatic nitrogens is 2. The zero-order valence-corrected chi connectivity index (χ0v) is 10.9. The van der Waals surface area contributed by atoms with Gasteiger partial charge in [0, 0.05) is 11.0 Å². The van der Waals surface area contributed by atoms with E-state index in [1.54, 1.807) is 13.8 Å². The molecule has 0 fully saturated rings. The van der Waals surface area contributed by atoms with Gasteiger partial charge >= 0.3 is 0 Å². The molecule has 0 atom stereocenters. The molecule has 1 aromatic heterocycles. The molecule has 2 N–H and O–H groups in total. The monoisotopic (exact) mass is 293 g/mol. The van der Waals surface area contributed by atoms with Crippen LogP contribution in [-0.4, -0.2) is 25.2 Å². The Labute approximate surface area is 97.1 Å². The summed E-state index contributed by atoms with van der Waals surface area (Å²) in [6, 6.07) is 0. The Kier molecular flexibility index (Phi) is 3.69. The van der Waals surface area contributed by atoms with E-state index in [1.807, 2.05) is 0 Å². The molecule has 0 amide bonds. The Morgan fingerprint density at radius 2 is 2.20 bits per heavy atom. The van der Waals surface area contributed by atoms with E-state index in [9.17, 15) is 8.42 Å². The molecule has 15 heavy (non-hydrogen) atoms. The third kappa shape index (κ3) is 2.90. The van der Waals surface area contributed by atoms with E-state index in [2.05, 4.69) is 37.4 Å². The number of hydrogen-bond acceptors (Lipinski definition) is 3. The molecule has 0 aliphatic rings. The number of hydrogen-bond donors (Lipinski definition) is 2. The van der Waals surface area contributed by atoms with Crippen LogP contribution in [0.2, 0.25) is 0 Å². The molecule has 0 unspecified atom stereocenters. The summed E-state index contributed by atoms with van der Waals surface area (Å²) in [5, 5.41) is 6.46. The molecule has 0 saturated heterocycles. The molecule has 0 saturated carbocycles. The minimum absolute atomic E-state index is 0.159. The third-order valence-corrected chi connectivity index (χ3v) is 3.73. The second-order valence-electron chi connectivity index (χ2n) is 3.10. The van der Waals surface area contributed by atoms with Crippen LogP contribution in [0.3, 0.4) is 0 Å². The van der Waals surface area contributed by atoms with E-state index < -0.39 is 10.0 Å². The maximum Gasteiger partial charge on any atom is 0.244 e. The van der Waals surface area contributed by atoms with Crippen molar-refractivity contribution in [2.75, 3.05) is 6.54 Å². The van der Waals surface area contributed by atoms with E-state index in [1.165, 1.54) is 0 Å². The fourth-order valence-corrected chi connectivity index (χ4v) is 2.90. The van der Waals surface area contributed by atoms with Crippen LogP contribution >= 0.6 is 15.9 Å². The van der Waals surface area contributed by atoms with Crippen LogP contribution < -0.4 is 4.72 Å². The number of H-pyrrole nitrogens is 1. The molecule has 5 nitrogen and oxygen atoms in total. The van der Waals surface area contributed by atoms with Gasteiger partial charge in [-0.25, -0.2) is 13.1 Å². The Bertz CT molecular complexity index is 459. The zero-order chi connectivity index (χ0) is 11.6. The first-order valence-corrected chi connectivity index (χ1v) is 6.46. The largest absolute Gasteiger partial charge is 0.281 e. The summed E-state index contributed by atoms with van der Waals surface area (Å²) < 4.78 is 26.6. The van der Waals surface area contributed by atoms with Crippen molar-refractivity contribution in [3.8, 4) is 0 Å². The number of aryl methyl sites for hydroxylation is 2. The first-order valence-electron chi connectivity index (χ1n) is 4.19. The van der Waals surface area contributed by atoms with Gasteiger partial charge in [0.1, 0.15) is 4.90 Å². The van der Waals surface area contributed by atoms with Crippen molar-refractivity contribution < 1.29 is 8.42 Å². The van der Waals surface area contributed by atoms with Crippen molar-refractivity contribution >= 4 is 26.0 Å². The van der Waals surface area contributed by atoms with Crippen LogP contribution in [0.1, 0.15) is 11.4 Å². The number of sulfonamides is 1. The average Bonchev–Trinajstić information content (AvgIpc) is 2.43. The molecule has 1 rings (SSSR count).